The third-order valence-corrected chi connectivity index (χ3v) is 5.23. The molecule has 0 bridgehead atoms. The Bertz CT molecular complexity index is 422. The first-order valence-corrected chi connectivity index (χ1v) is 8.85. The summed E-state index contributed by atoms with van der Waals surface area (Å²) in [6.45, 7) is 5.92. The molecule has 1 aromatic heterocycles. The fourth-order valence-electron chi connectivity index (χ4n) is 3.90. The average molecular weight is 290 g/mol. The lowest BCUT2D eigenvalue weighted by molar-refractivity contribution is 0.160. The Labute approximate surface area is 128 Å². The first-order chi connectivity index (χ1) is 10.3. The summed E-state index contributed by atoms with van der Waals surface area (Å²) in [4.78, 5) is 7.15. The molecule has 3 rings (SSSR count). The van der Waals surface area contributed by atoms with Crippen LogP contribution >= 0.6 is 0 Å². The van der Waals surface area contributed by atoms with E-state index in [-0.39, 0.29) is 0 Å². The highest BCUT2D eigenvalue weighted by Gasteiger charge is 2.19. The van der Waals surface area contributed by atoms with Crippen LogP contribution in [0.5, 0.6) is 0 Å². The molecule has 1 aromatic rings. The van der Waals surface area contributed by atoms with Gasteiger partial charge in [-0.3, -0.25) is 0 Å². The van der Waals surface area contributed by atoms with E-state index in [0.717, 1.165) is 18.5 Å². The number of piperidine rings is 1. The lowest BCUT2D eigenvalue weighted by Gasteiger charge is -2.33. The van der Waals surface area contributed by atoms with Crippen molar-refractivity contribution in [1.29, 1.82) is 0 Å². The van der Waals surface area contributed by atoms with Crippen molar-refractivity contribution >= 4 is 5.95 Å². The number of rotatable bonds is 6. The Morgan fingerprint density at radius 3 is 2.81 bits per heavy atom. The van der Waals surface area contributed by atoms with E-state index in [2.05, 4.69) is 32.9 Å². The Morgan fingerprint density at radius 1 is 1.19 bits per heavy atom. The molecule has 118 valence electrons. The van der Waals surface area contributed by atoms with Gasteiger partial charge in [-0.1, -0.05) is 19.3 Å². The van der Waals surface area contributed by atoms with Gasteiger partial charge < -0.3 is 14.8 Å². The average Bonchev–Trinajstić information content (AvgIpc) is 3.16. The van der Waals surface area contributed by atoms with Crippen molar-refractivity contribution in [3.63, 3.8) is 0 Å². The second-order valence-corrected chi connectivity index (χ2v) is 6.76. The molecule has 1 saturated heterocycles. The second-order valence-electron chi connectivity index (χ2n) is 6.76. The van der Waals surface area contributed by atoms with Gasteiger partial charge in [0, 0.05) is 37.6 Å². The highest BCUT2D eigenvalue weighted by atomic mass is 15.2. The molecular weight excluding hydrogens is 260 g/mol. The summed E-state index contributed by atoms with van der Waals surface area (Å²) in [5.41, 5.74) is 0. The van der Waals surface area contributed by atoms with Crippen molar-refractivity contribution in [1.82, 2.24) is 14.5 Å². The number of hydrogen-bond acceptors (Lipinski definition) is 3. The zero-order valence-corrected chi connectivity index (χ0v) is 13.4. The van der Waals surface area contributed by atoms with E-state index in [1.807, 2.05) is 6.20 Å². The summed E-state index contributed by atoms with van der Waals surface area (Å²) < 4.78 is 2.36. The predicted octanol–water partition coefficient (Wildman–Crippen LogP) is 3.67. The molecule has 2 fully saturated rings. The number of imidazole rings is 1. The number of anilines is 1. The van der Waals surface area contributed by atoms with E-state index in [1.165, 1.54) is 64.5 Å². The summed E-state index contributed by atoms with van der Waals surface area (Å²) >= 11 is 0. The molecule has 4 heteroatoms. The third-order valence-electron chi connectivity index (χ3n) is 5.23. The standard InChI is InChI=1S/C17H30N4/c1-15-7-4-5-12-20(15)13-6-10-18-17-19-11-14-21(17)16-8-2-3-9-16/h11,14-16H,2-10,12-13H2,1H3,(H,18,19). The zero-order valence-electron chi connectivity index (χ0n) is 13.4. The number of likely N-dealkylation sites (tertiary alicyclic amines) is 1. The number of aromatic nitrogens is 2. The van der Waals surface area contributed by atoms with Crippen LogP contribution in [0.25, 0.3) is 0 Å². The highest BCUT2D eigenvalue weighted by molar-refractivity contribution is 5.26. The largest absolute Gasteiger partial charge is 0.356 e. The molecule has 1 saturated carbocycles. The maximum Gasteiger partial charge on any atom is 0.203 e. The molecule has 0 aromatic carbocycles. The maximum atomic E-state index is 4.50. The van der Waals surface area contributed by atoms with Crippen LogP contribution < -0.4 is 5.32 Å². The van der Waals surface area contributed by atoms with Crippen molar-refractivity contribution in [2.75, 3.05) is 25.0 Å². The molecule has 1 aliphatic carbocycles. The quantitative estimate of drug-likeness (QED) is 0.811. The summed E-state index contributed by atoms with van der Waals surface area (Å²) in [5.74, 6) is 1.08. The molecule has 0 amide bonds. The molecule has 1 atom stereocenters. The zero-order chi connectivity index (χ0) is 14.5. The van der Waals surface area contributed by atoms with Crippen LogP contribution in [0.3, 0.4) is 0 Å². The van der Waals surface area contributed by atoms with Gasteiger partial charge >= 0.3 is 0 Å². The summed E-state index contributed by atoms with van der Waals surface area (Å²) in [5, 5.41) is 3.55. The minimum Gasteiger partial charge on any atom is -0.356 e. The van der Waals surface area contributed by atoms with Crippen LogP contribution in [-0.2, 0) is 0 Å². The van der Waals surface area contributed by atoms with E-state index in [0.29, 0.717) is 6.04 Å². The van der Waals surface area contributed by atoms with E-state index >= 15 is 0 Å². The van der Waals surface area contributed by atoms with Crippen molar-refractivity contribution in [3.8, 4) is 0 Å². The minimum absolute atomic E-state index is 0.678. The van der Waals surface area contributed by atoms with E-state index in [4.69, 9.17) is 0 Å². The second kappa shape index (κ2) is 7.30. The molecule has 21 heavy (non-hydrogen) atoms. The minimum atomic E-state index is 0.678. The molecule has 4 nitrogen and oxygen atoms in total. The van der Waals surface area contributed by atoms with Gasteiger partial charge in [0.25, 0.3) is 0 Å². The van der Waals surface area contributed by atoms with Gasteiger partial charge in [-0.2, -0.15) is 0 Å². The number of hydrogen-bond donors (Lipinski definition) is 1. The molecule has 1 N–H and O–H groups in total. The van der Waals surface area contributed by atoms with Crippen LogP contribution in [-0.4, -0.2) is 40.1 Å². The van der Waals surface area contributed by atoms with Crippen molar-refractivity contribution in [2.24, 2.45) is 0 Å². The Morgan fingerprint density at radius 2 is 2.00 bits per heavy atom. The fraction of sp³-hybridized carbons (Fsp3) is 0.824. The summed E-state index contributed by atoms with van der Waals surface area (Å²) in [7, 11) is 0. The van der Waals surface area contributed by atoms with Crippen LogP contribution in [0.1, 0.15) is 64.3 Å². The van der Waals surface area contributed by atoms with Gasteiger partial charge in [0.05, 0.1) is 0 Å². The lowest BCUT2D eigenvalue weighted by Crippen LogP contribution is -2.38. The Hall–Kier alpha value is -1.03. The van der Waals surface area contributed by atoms with E-state index in [1.54, 1.807) is 0 Å². The lowest BCUT2D eigenvalue weighted by atomic mass is 10.0. The monoisotopic (exact) mass is 290 g/mol. The molecule has 1 aliphatic heterocycles. The molecule has 0 spiro atoms. The van der Waals surface area contributed by atoms with Gasteiger partial charge in [-0.15, -0.1) is 0 Å². The topological polar surface area (TPSA) is 33.1 Å². The smallest absolute Gasteiger partial charge is 0.203 e. The van der Waals surface area contributed by atoms with Crippen molar-refractivity contribution < 1.29 is 0 Å². The molecule has 0 radical (unpaired) electrons. The number of nitrogens with one attached hydrogen (secondary N) is 1. The molecular formula is C17H30N4. The van der Waals surface area contributed by atoms with E-state index in [9.17, 15) is 0 Å². The van der Waals surface area contributed by atoms with Crippen LogP contribution in [0.15, 0.2) is 12.4 Å². The van der Waals surface area contributed by atoms with Crippen LogP contribution in [0, 0.1) is 0 Å². The van der Waals surface area contributed by atoms with Crippen LogP contribution in [0.4, 0.5) is 5.95 Å². The Balaban J connectivity index is 1.42. The SMILES string of the molecule is CC1CCCCN1CCCNc1nccn1C1CCCC1. The molecule has 2 heterocycles. The Kier molecular flexibility index (Phi) is 5.17. The fourth-order valence-corrected chi connectivity index (χ4v) is 3.90. The van der Waals surface area contributed by atoms with Gasteiger partial charge in [-0.05, 0) is 45.6 Å². The molecule has 1 unspecified atom stereocenters. The van der Waals surface area contributed by atoms with Gasteiger partial charge in [0.1, 0.15) is 0 Å². The van der Waals surface area contributed by atoms with Gasteiger partial charge in [-0.25, -0.2) is 4.98 Å². The number of nitrogens with zero attached hydrogens (tertiary/aromatic N) is 3. The van der Waals surface area contributed by atoms with Crippen molar-refractivity contribution in [3.05, 3.63) is 12.4 Å². The third kappa shape index (κ3) is 3.79. The van der Waals surface area contributed by atoms with Crippen molar-refractivity contribution in [2.45, 2.75) is 70.4 Å². The molecule has 2 aliphatic rings. The van der Waals surface area contributed by atoms with Gasteiger partial charge in [0.15, 0.2) is 0 Å². The summed E-state index contributed by atoms with van der Waals surface area (Å²) in [6, 6.07) is 1.45. The first kappa shape index (κ1) is 14.9. The van der Waals surface area contributed by atoms with Crippen LogP contribution in [0.2, 0.25) is 0 Å². The van der Waals surface area contributed by atoms with Gasteiger partial charge in [0.2, 0.25) is 5.95 Å². The van der Waals surface area contributed by atoms with E-state index < -0.39 is 0 Å². The highest BCUT2D eigenvalue weighted by Crippen LogP contribution is 2.31. The first-order valence-electron chi connectivity index (χ1n) is 8.85. The predicted molar refractivity (Wildman–Crippen MR) is 87.7 cm³/mol. The normalized spacial score (nSPS) is 24.5. The maximum absolute atomic E-state index is 4.50. The summed E-state index contributed by atoms with van der Waals surface area (Å²) in [6.07, 6.45) is 14.8.